The standard InChI is InChI=1S/C16H24FNO3/c1-16(2)9-14(18-7-6-12(19)10-20-3)13-5-4-11(17)8-15(13)21-16/h4-5,8,12,14,18-19H,6-7,9-10H2,1-3H3. The molecule has 1 heterocycles. The lowest BCUT2D eigenvalue weighted by Gasteiger charge is -2.38. The number of methoxy groups -OCH3 is 1. The molecule has 0 spiro atoms. The maximum Gasteiger partial charge on any atom is 0.127 e. The van der Waals surface area contributed by atoms with E-state index in [0.717, 1.165) is 12.0 Å². The van der Waals surface area contributed by atoms with Crippen molar-refractivity contribution in [2.75, 3.05) is 20.3 Å². The predicted molar refractivity (Wildman–Crippen MR) is 79.0 cm³/mol. The van der Waals surface area contributed by atoms with Crippen molar-refractivity contribution in [1.29, 1.82) is 0 Å². The smallest absolute Gasteiger partial charge is 0.127 e. The van der Waals surface area contributed by atoms with Gasteiger partial charge >= 0.3 is 0 Å². The fraction of sp³-hybridized carbons (Fsp3) is 0.625. The first-order valence-electron chi connectivity index (χ1n) is 7.30. The lowest BCUT2D eigenvalue weighted by Crippen LogP contribution is -2.40. The third-order valence-corrected chi connectivity index (χ3v) is 3.66. The van der Waals surface area contributed by atoms with E-state index in [1.54, 1.807) is 13.2 Å². The highest BCUT2D eigenvalue weighted by atomic mass is 19.1. The molecule has 21 heavy (non-hydrogen) atoms. The highest BCUT2D eigenvalue weighted by molar-refractivity contribution is 5.39. The highest BCUT2D eigenvalue weighted by Gasteiger charge is 2.33. The summed E-state index contributed by atoms with van der Waals surface area (Å²) in [6.07, 6.45) is 0.941. The van der Waals surface area contributed by atoms with Crippen LogP contribution in [0.15, 0.2) is 18.2 Å². The van der Waals surface area contributed by atoms with E-state index in [1.165, 1.54) is 12.1 Å². The fourth-order valence-electron chi connectivity index (χ4n) is 2.71. The molecule has 2 rings (SSSR count). The van der Waals surface area contributed by atoms with Gasteiger partial charge in [-0.3, -0.25) is 0 Å². The van der Waals surface area contributed by atoms with Gasteiger partial charge in [0.1, 0.15) is 17.2 Å². The summed E-state index contributed by atoms with van der Waals surface area (Å²) in [7, 11) is 1.57. The van der Waals surface area contributed by atoms with Crippen molar-refractivity contribution >= 4 is 0 Å². The van der Waals surface area contributed by atoms with E-state index < -0.39 is 6.10 Å². The van der Waals surface area contributed by atoms with Gasteiger partial charge in [0.2, 0.25) is 0 Å². The molecule has 2 N–H and O–H groups in total. The first kappa shape index (κ1) is 16.2. The molecule has 2 atom stereocenters. The Morgan fingerprint density at radius 2 is 2.29 bits per heavy atom. The van der Waals surface area contributed by atoms with E-state index in [9.17, 15) is 9.50 Å². The Morgan fingerprint density at radius 1 is 1.52 bits per heavy atom. The van der Waals surface area contributed by atoms with Crippen LogP contribution < -0.4 is 10.1 Å². The average Bonchev–Trinajstić information content (AvgIpc) is 2.37. The van der Waals surface area contributed by atoms with E-state index in [-0.39, 0.29) is 17.5 Å². The molecule has 0 aromatic heterocycles. The second-order valence-electron chi connectivity index (χ2n) is 6.15. The van der Waals surface area contributed by atoms with E-state index in [1.807, 2.05) is 13.8 Å². The minimum Gasteiger partial charge on any atom is -0.487 e. The molecule has 1 aromatic carbocycles. The molecule has 0 amide bonds. The Morgan fingerprint density at radius 3 is 3.00 bits per heavy atom. The summed E-state index contributed by atoms with van der Waals surface area (Å²) in [4.78, 5) is 0. The lowest BCUT2D eigenvalue weighted by molar-refractivity contribution is 0.0525. The predicted octanol–water partition coefficient (Wildman–Crippen LogP) is 2.41. The van der Waals surface area contributed by atoms with E-state index >= 15 is 0 Å². The van der Waals surface area contributed by atoms with Crippen LogP contribution in [0.1, 0.15) is 38.3 Å². The number of hydrogen-bond acceptors (Lipinski definition) is 4. The van der Waals surface area contributed by atoms with Crippen LogP contribution in [-0.4, -0.2) is 37.1 Å². The van der Waals surface area contributed by atoms with Crippen LogP contribution in [0.5, 0.6) is 5.75 Å². The molecule has 1 aromatic rings. The number of aliphatic hydroxyl groups excluding tert-OH is 1. The number of rotatable bonds is 6. The van der Waals surface area contributed by atoms with Gasteiger partial charge in [0.05, 0.1) is 12.7 Å². The van der Waals surface area contributed by atoms with Crippen LogP contribution in [0, 0.1) is 5.82 Å². The third kappa shape index (κ3) is 4.40. The van der Waals surface area contributed by atoms with Gasteiger partial charge in [-0.1, -0.05) is 6.07 Å². The van der Waals surface area contributed by atoms with Gasteiger partial charge in [-0.05, 0) is 32.9 Å². The quantitative estimate of drug-likeness (QED) is 0.846. The lowest BCUT2D eigenvalue weighted by atomic mass is 9.89. The summed E-state index contributed by atoms with van der Waals surface area (Å²) >= 11 is 0. The number of fused-ring (bicyclic) bond motifs is 1. The van der Waals surface area contributed by atoms with Crippen LogP contribution in [0.4, 0.5) is 4.39 Å². The Kier molecular flexibility index (Phi) is 5.19. The van der Waals surface area contributed by atoms with Crippen LogP contribution in [-0.2, 0) is 4.74 Å². The molecule has 2 unspecified atom stereocenters. The fourth-order valence-corrected chi connectivity index (χ4v) is 2.71. The van der Waals surface area contributed by atoms with Gasteiger partial charge in [-0.25, -0.2) is 4.39 Å². The van der Waals surface area contributed by atoms with Gasteiger partial charge in [0.25, 0.3) is 0 Å². The Labute approximate surface area is 125 Å². The number of aliphatic hydroxyl groups is 1. The molecule has 0 saturated heterocycles. The second kappa shape index (κ2) is 6.73. The Hall–Kier alpha value is -1.17. The molecule has 5 heteroatoms. The maximum atomic E-state index is 13.4. The van der Waals surface area contributed by atoms with Crippen LogP contribution in [0.3, 0.4) is 0 Å². The molecule has 0 radical (unpaired) electrons. The number of hydrogen-bond donors (Lipinski definition) is 2. The van der Waals surface area contributed by atoms with Gasteiger partial charge < -0.3 is 19.9 Å². The monoisotopic (exact) mass is 297 g/mol. The SMILES string of the molecule is COCC(O)CCNC1CC(C)(C)Oc2cc(F)ccc21. The summed E-state index contributed by atoms with van der Waals surface area (Å²) in [6, 6.07) is 4.75. The molecule has 4 nitrogen and oxygen atoms in total. The summed E-state index contributed by atoms with van der Waals surface area (Å²) in [5.74, 6) is 0.307. The number of benzene rings is 1. The Balaban J connectivity index is 2.02. The molecule has 0 bridgehead atoms. The van der Waals surface area contributed by atoms with Crippen molar-refractivity contribution in [1.82, 2.24) is 5.32 Å². The molecule has 0 aliphatic carbocycles. The molecule has 118 valence electrons. The van der Waals surface area contributed by atoms with Crippen molar-refractivity contribution < 1.29 is 19.0 Å². The summed E-state index contributed by atoms with van der Waals surface area (Å²) in [6.45, 7) is 5.00. The zero-order valence-corrected chi connectivity index (χ0v) is 12.9. The van der Waals surface area contributed by atoms with Gasteiger partial charge in [0.15, 0.2) is 0 Å². The highest BCUT2D eigenvalue weighted by Crippen LogP contribution is 2.39. The second-order valence-corrected chi connectivity index (χ2v) is 6.15. The summed E-state index contributed by atoms with van der Waals surface area (Å²) in [5.41, 5.74) is 0.626. The van der Waals surface area contributed by atoms with Gasteiger partial charge in [-0.2, -0.15) is 0 Å². The van der Waals surface area contributed by atoms with Crippen LogP contribution in [0.25, 0.3) is 0 Å². The zero-order chi connectivity index (χ0) is 15.5. The average molecular weight is 297 g/mol. The topological polar surface area (TPSA) is 50.7 Å². The minimum absolute atomic E-state index is 0.0964. The minimum atomic E-state index is -0.469. The largest absolute Gasteiger partial charge is 0.487 e. The van der Waals surface area contributed by atoms with E-state index in [4.69, 9.17) is 9.47 Å². The zero-order valence-electron chi connectivity index (χ0n) is 12.9. The number of ether oxygens (including phenoxy) is 2. The van der Waals surface area contributed by atoms with E-state index in [0.29, 0.717) is 25.3 Å². The van der Waals surface area contributed by atoms with Crippen molar-refractivity contribution in [3.8, 4) is 5.75 Å². The molecule has 0 saturated carbocycles. The van der Waals surface area contributed by atoms with Crippen molar-refractivity contribution in [2.45, 2.75) is 44.4 Å². The third-order valence-electron chi connectivity index (χ3n) is 3.66. The van der Waals surface area contributed by atoms with E-state index in [2.05, 4.69) is 5.32 Å². The molecule has 0 fully saturated rings. The first-order valence-corrected chi connectivity index (χ1v) is 7.30. The molecule has 1 aliphatic heterocycles. The summed E-state index contributed by atoms with van der Waals surface area (Å²) in [5, 5.41) is 13.1. The Bertz CT molecular complexity index is 479. The first-order chi connectivity index (χ1) is 9.91. The summed E-state index contributed by atoms with van der Waals surface area (Å²) < 4.78 is 24.1. The van der Waals surface area contributed by atoms with Crippen LogP contribution in [0.2, 0.25) is 0 Å². The van der Waals surface area contributed by atoms with Crippen molar-refractivity contribution in [3.05, 3.63) is 29.6 Å². The number of nitrogens with one attached hydrogen (secondary N) is 1. The number of halogens is 1. The molecular weight excluding hydrogens is 273 g/mol. The van der Waals surface area contributed by atoms with Crippen LogP contribution >= 0.6 is 0 Å². The van der Waals surface area contributed by atoms with Crippen molar-refractivity contribution in [2.24, 2.45) is 0 Å². The normalized spacial score (nSPS) is 21.5. The van der Waals surface area contributed by atoms with Gasteiger partial charge in [-0.15, -0.1) is 0 Å². The maximum absolute atomic E-state index is 13.4. The van der Waals surface area contributed by atoms with Gasteiger partial charge in [0, 0.05) is 31.2 Å². The molecular formula is C16H24FNO3. The van der Waals surface area contributed by atoms with Crippen molar-refractivity contribution in [3.63, 3.8) is 0 Å². The molecule has 1 aliphatic rings.